The van der Waals surface area contributed by atoms with Crippen molar-refractivity contribution in [1.82, 2.24) is 9.88 Å². The summed E-state index contributed by atoms with van der Waals surface area (Å²) < 4.78 is 0. The lowest BCUT2D eigenvalue weighted by Crippen LogP contribution is -2.35. The van der Waals surface area contributed by atoms with Gasteiger partial charge in [-0.3, -0.25) is 19.5 Å². The Labute approximate surface area is 131 Å². The van der Waals surface area contributed by atoms with E-state index in [0.29, 0.717) is 12.3 Å². The Bertz CT molecular complexity index is 536. The third kappa shape index (κ3) is 4.55. The average molecular weight is 324 g/mol. The summed E-state index contributed by atoms with van der Waals surface area (Å²) in [6, 6.07) is 5.74. The molecule has 1 saturated heterocycles. The lowest BCUT2D eigenvalue weighted by molar-refractivity contribution is -0.136. The van der Waals surface area contributed by atoms with E-state index in [4.69, 9.17) is 5.73 Å². The van der Waals surface area contributed by atoms with Crippen LogP contribution in [-0.2, 0) is 9.59 Å². The first-order valence-corrected chi connectivity index (χ1v) is 8.83. The Morgan fingerprint density at radius 3 is 2.95 bits per heavy atom. The third-order valence-electron chi connectivity index (χ3n) is 2.72. The van der Waals surface area contributed by atoms with Crippen LogP contribution in [0.5, 0.6) is 0 Å². The van der Waals surface area contributed by atoms with E-state index in [-0.39, 0.29) is 31.3 Å². The Hall–Kier alpha value is -1.38. The molecule has 1 aliphatic rings. The molecule has 8 heteroatoms. The minimum Gasteiger partial charge on any atom is -0.329 e. The van der Waals surface area contributed by atoms with E-state index in [2.05, 4.69) is 9.98 Å². The van der Waals surface area contributed by atoms with Crippen LogP contribution in [0.15, 0.2) is 34.4 Å². The predicted octanol–water partition coefficient (Wildman–Crippen LogP) is 0.981. The largest absolute Gasteiger partial charge is 0.329 e. The zero-order chi connectivity index (χ0) is 15.1. The van der Waals surface area contributed by atoms with Crippen LogP contribution in [0.25, 0.3) is 0 Å². The number of likely N-dealkylation sites (tertiary alicyclic amines) is 1. The molecule has 2 rings (SSSR count). The van der Waals surface area contributed by atoms with Crippen LogP contribution in [0.2, 0.25) is 0 Å². The fraction of sp³-hybridized carbons (Fsp3) is 0.385. The molecular weight excluding hydrogens is 308 g/mol. The standard InChI is InChI=1S/C13H16N4O2S2/c14-4-7-17-12(18)9-10(13(17)19)15-6-8-20-21-11-3-1-2-5-16-11/h1-3,5H,4,6-9,14H2. The summed E-state index contributed by atoms with van der Waals surface area (Å²) in [6.45, 7) is 1.05. The number of carbonyl (C=O) groups is 2. The summed E-state index contributed by atoms with van der Waals surface area (Å²) in [7, 11) is 3.19. The summed E-state index contributed by atoms with van der Waals surface area (Å²) in [6.07, 6.45) is 1.84. The highest BCUT2D eigenvalue weighted by atomic mass is 33.1. The SMILES string of the molecule is NCCN1C(=O)CC(=NCCSSc2ccccn2)C1=O. The van der Waals surface area contributed by atoms with Gasteiger partial charge in [0.2, 0.25) is 5.91 Å². The van der Waals surface area contributed by atoms with E-state index in [1.54, 1.807) is 27.8 Å². The topological polar surface area (TPSA) is 88.7 Å². The second-order valence-corrected chi connectivity index (χ2v) is 6.65. The maximum atomic E-state index is 11.9. The lowest BCUT2D eigenvalue weighted by atomic mass is 10.3. The van der Waals surface area contributed by atoms with Crippen molar-refractivity contribution >= 4 is 39.1 Å². The van der Waals surface area contributed by atoms with Crippen LogP contribution in [0.1, 0.15) is 6.42 Å². The molecular formula is C13H16N4O2S2. The number of hydrogen-bond acceptors (Lipinski definition) is 7. The van der Waals surface area contributed by atoms with Crippen molar-refractivity contribution in [3.8, 4) is 0 Å². The Balaban J connectivity index is 1.75. The first-order chi connectivity index (χ1) is 10.2. The third-order valence-corrected chi connectivity index (χ3v) is 4.97. The molecule has 0 atom stereocenters. The smallest absolute Gasteiger partial charge is 0.274 e. The minimum atomic E-state index is -0.298. The van der Waals surface area contributed by atoms with Crippen molar-refractivity contribution in [1.29, 1.82) is 0 Å². The van der Waals surface area contributed by atoms with Crippen molar-refractivity contribution in [3.63, 3.8) is 0 Å². The number of carbonyl (C=O) groups excluding carboxylic acids is 2. The zero-order valence-electron chi connectivity index (χ0n) is 11.4. The summed E-state index contributed by atoms with van der Waals surface area (Å²) in [5.74, 6) is 0.246. The van der Waals surface area contributed by atoms with Crippen molar-refractivity contribution in [3.05, 3.63) is 24.4 Å². The number of imide groups is 1. The lowest BCUT2D eigenvalue weighted by Gasteiger charge is -2.10. The fourth-order valence-corrected chi connectivity index (χ4v) is 3.52. The minimum absolute atomic E-state index is 0.0941. The molecule has 0 spiro atoms. The van der Waals surface area contributed by atoms with Gasteiger partial charge in [0.15, 0.2) is 0 Å². The fourth-order valence-electron chi connectivity index (χ4n) is 1.78. The number of nitrogens with two attached hydrogens (primary N) is 1. The molecule has 112 valence electrons. The number of aromatic nitrogens is 1. The van der Waals surface area contributed by atoms with Crippen molar-refractivity contribution < 1.29 is 9.59 Å². The maximum Gasteiger partial charge on any atom is 0.274 e. The molecule has 0 bridgehead atoms. The summed E-state index contributed by atoms with van der Waals surface area (Å²) in [5, 5.41) is 0.941. The normalized spacial score (nSPS) is 17.0. The molecule has 1 fully saturated rings. The molecule has 2 amide bonds. The van der Waals surface area contributed by atoms with E-state index in [1.807, 2.05) is 18.2 Å². The van der Waals surface area contributed by atoms with Gasteiger partial charge in [-0.2, -0.15) is 0 Å². The molecule has 6 nitrogen and oxygen atoms in total. The average Bonchev–Trinajstić information content (AvgIpc) is 2.76. The molecule has 21 heavy (non-hydrogen) atoms. The first-order valence-electron chi connectivity index (χ1n) is 6.51. The van der Waals surface area contributed by atoms with Crippen LogP contribution >= 0.6 is 21.6 Å². The van der Waals surface area contributed by atoms with Crippen LogP contribution in [-0.4, -0.2) is 52.8 Å². The first kappa shape index (κ1) is 16.0. The monoisotopic (exact) mass is 324 g/mol. The number of amides is 2. The van der Waals surface area contributed by atoms with Gasteiger partial charge < -0.3 is 5.73 Å². The molecule has 2 N–H and O–H groups in total. The molecule has 0 radical (unpaired) electrons. The zero-order valence-corrected chi connectivity index (χ0v) is 13.0. The predicted molar refractivity (Wildman–Crippen MR) is 85.2 cm³/mol. The van der Waals surface area contributed by atoms with Crippen LogP contribution in [0, 0.1) is 0 Å². The van der Waals surface area contributed by atoms with Gasteiger partial charge in [-0.25, -0.2) is 4.98 Å². The van der Waals surface area contributed by atoms with Crippen molar-refractivity contribution in [2.45, 2.75) is 11.4 Å². The Morgan fingerprint density at radius 1 is 1.38 bits per heavy atom. The number of pyridine rings is 1. The van der Waals surface area contributed by atoms with Crippen molar-refractivity contribution in [2.75, 3.05) is 25.4 Å². The molecule has 0 saturated carbocycles. The van der Waals surface area contributed by atoms with Gasteiger partial charge in [-0.1, -0.05) is 16.9 Å². The number of rotatable bonds is 7. The van der Waals surface area contributed by atoms with E-state index in [9.17, 15) is 9.59 Å². The van der Waals surface area contributed by atoms with Crippen LogP contribution in [0.3, 0.4) is 0 Å². The highest BCUT2D eigenvalue weighted by molar-refractivity contribution is 8.76. The van der Waals surface area contributed by atoms with Gasteiger partial charge in [0, 0.05) is 31.6 Å². The molecule has 2 heterocycles. The van der Waals surface area contributed by atoms with Gasteiger partial charge in [0.05, 0.1) is 6.42 Å². The van der Waals surface area contributed by atoms with E-state index >= 15 is 0 Å². The Morgan fingerprint density at radius 2 is 2.24 bits per heavy atom. The highest BCUT2D eigenvalue weighted by Gasteiger charge is 2.34. The number of aliphatic imine (C=N–C) groups is 1. The quantitative estimate of drug-likeness (QED) is 0.457. The van der Waals surface area contributed by atoms with Gasteiger partial charge in [0.25, 0.3) is 5.91 Å². The summed E-state index contributed by atoms with van der Waals surface area (Å²) in [5.41, 5.74) is 5.72. The molecule has 0 unspecified atom stereocenters. The molecule has 0 aliphatic carbocycles. The summed E-state index contributed by atoms with van der Waals surface area (Å²) in [4.78, 5) is 33.1. The second-order valence-electron chi connectivity index (χ2n) is 4.22. The molecule has 1 aromatic rings. The van der Waals surface area contributed by atoms with Gasteiger partial charge in [-0.15, -0.1) is 0 Å². The van der Waals surface area contributed by atoms with E-state index in [1.165, 1.54) is 4.90 Å². The van der Waals surface area contributed by atoms with Gasteiger partial charge in [-0.05, 0) is 22.9 Å². The molecule has 1 aromatic heterocycles. The second kappa shape index (κ2) is 8.16. The molecule has 1 aliphatic heterocycles. The summed E-state index contributed by atoms with van der Waals surface area (Å²) >= 11 is 0. The van der Waals surface area contributed by atoms with Gasteiger partial charge >= 0.3 is 0 Å². The molecule has 0 aromatic carbocycles. The number of nitrogens with zero attached hydrogens (tertiary/aromatic N) is 3. The Kier molecular flexibility index (Phi) is 6.21. The van der Waals surface area contributed by atoms with Crippen LogP contribution in [0.4, 0.5) is 0 Å². The number of hydrogen-bond donors (Lipinski definition) is 1. The van der Waals surface area contributed by atoms with Crippen molar-refractivity contribution in [2.24, 2.45) is 10.7 Å². The highest BCUT2D eigenvalue weighted by Crippen LogP contribution is 2.28. The maximum absolute atomic E-state index is 11.9. The van der Waals surface area contributed by atoms with Gasteiger partial charge in [0.1, 0.15) is 10.7 Å². The van der Waals surface area contributed by atoms with Crippen LogP contribution < -0.4 is 5.73 Å². The van der Waals surface area contributed by atoms with E-state index in [0.717, 1.165) is 10.8 Å². The van der Waals surface area contributed by atoms with E-state index < -0.39 is 0 Å².